The van der Waals surface area contributed by atoms with Crippen LogP contribution in [0.15, 0.2) is 10.6 Å². The molecule has 1 aliphatic heterocycles. The Balaban J connectivity index is 2.11. The molecule has 1 saturated heterocycles. The fraction of sp³-hybridized carbons (Fsp3) is 0.769. The molecule has 1 aromatic rings. The molecule has 17 heavy (non-hydrogen) atoms. The highest BCUT2D eigenvalue weighted by molar-refractivity contribution is 5.00. The molecule has 0 amide bonds. The maximum Gasteiger partial charge on any atom is 0.211 e. The molecule has 1 aromatic heterocycles. The first-order valence-corrected chi connectivity index (χ1v) is 6.62. The van der Waals surface area contributed by atoms with Gasteiger partial charge in [-0.25, -0.2) is 4.98 Å². The van der Waals surface area contributed by atoms with E-state index in [4.69, 9.17) is 10.2 Å². The molecule has 2 N–H and O–H groups in total. The zero-order valence-electron chi connectivity index (χ0n) is 10.9. The summed E-state index contributed by atoms with van der Waals surface area (Å²) in [6.07, 6.45) is 6.31. The van der Waals surface area contributed by atoms with Crippen LogP contribution in [0.3, 0.4) is 0 Å². The number of oxazole rings is 1. The Morgan fingerprint density at radius 3 is 3.06 bits per heavy atom. The SMILES string of the molecule is CC(C)N1CCCCC1c1ncc(CCN)o1. The predicted molar refractivity (Wildman–Crippen MR) is 67.7 cm³/mol. The van der Waals surface area contributed by atoms with Gasteiger partial charge in [-0.15, -0.1) is 0 Å². The fourth-order valence-corrected chi connectivity index (χ4v) is 2.57. The predicted octanol–water partition coefficient (Wildman–Crippen LogP) is 2.11. The number of hydrogen-bond donors (Lipinski definition) is 1. The highest BCUT2D eigenvalue weighted by atomic mass is 16.4. The van der Waals surface area contributed by atoms with Crippen LogP contribution in [0.25, 0.3) is 0 Å². The summed E-state index contributed by atoms with van der Waals surface area (Å²) in [4.78, 5) is 6.91. The van der Waals surface area contributed by atoms with Crippen molar-refractivity contribution in [3.8, 4) is 0 Å². The molecule has 0 radical (unpaired) electrons. The van der Waals surface area contributed by atoms with Gasteiger partial charge in [-0.1, -0.05) is 6.42 Å². The minimum Gasteiger partial charge on any atom is -0.444 e. The van der Waals surface area contributed by atoms with Crippen molar-refractivity contribution in [1.82, 2.24) is 9.88 Å². The molecule has 1 unspecified atom stereocenters. The molecule has 1 aliphatic rings. The molecule has 0 aliphatic carbocycles. The number of rotatable bonds is 4. The van der Waals surface area contributed by atoms with Gasteiger partial charge in [-0.05, 0) is 39.8 Å². The molecule has 4 nitrogen and oxygen atoms in total. The van der Waals surface area contributed by atoms with Crippen LogP contribution >= 0.6 is 0 Å². The molecule has 0 saturated carbocycles. The number of aromatic nitrogens is 1. The average Bonchev–Trinajstić information content (AvgIpc) is 2.78. The first kappa shape index (κ1) is 12.6. The number of piperidine rings is 1. The monoisotopic (exact) mass is 237 g/mol. The summed E-state index contributed by atoms with van der Waals surface area (Å²) >= 11 is 0. The Kier molecular flexibility index (Phi) is 4.18. The van der Waals surface area contributed by atoms with Crippen LogP contribution in [-0.2, 0) is 6.42 Å². The van der Waals surface area contributed by atoms with E-state index in [0.29, 0.717) is 18.6 Å². The van der Waals surface area contributed by atoms with E-state index in [1.165, 1.54) is 12.8 Å². The molecular formula is C13H23N3O. The van der Waals surface area contributed by atoms with Gasteiger partial charge in [0, 0.05) is 12.5 Å². The topological polar surface area (TPSA) is 55.3 Å². The minimum absolute atomic E-state index is 0.357. The molecule has 96 valence electrons. The zero-order valence-corrected chi connectivity index (χ0v) is 10.9. The Labute approximate surface area is 103 Å². The van der Waals surface area contributed by atoms with Gasteiger partial charge in [0.25, 0.3) is 0 Å². The largest absolute Gasteiger partial charge is 0.444 e. The molecule has 0 bridgehead atoms. The van der Waals surface area contributed by atoms with Crippen LogP contribution in [-0.4, -0.2) is 29.0 Å². The van der Waals surface area contributed by atoms with Crippen LogP contribution in [0.2, 0.25) is 0 Å². The fourth-order valence-electron chi connectivity index (χ4n) is 2.57. The first-order valence-electron chi connectivity index (χ1n) is 6.62. The number of nitrogens with two attached hydrogens (primary N) is 1. The van der Waals surface area contributed by atoms with E-state index in [1.807, 2.05) is 6.20 Å². The maximum atomic E-state index is 5.81. The van der Waals surface area contributed by atoms with Crippen molar-refractivity contribution in [1.29, 1.82) is 0 Å². The minimum atomic E-state index is 0.357. The summed E-state index contributed by atoms with van der Waals surface area (Å²) in [5.41, 5.74) is 5.53. The number of nitrogens with zero attached hydrogens (tertiary/aromatic N) is 2. The van der Waals surface area contributed by atoms with E-state index in [-0.39, 0.29) is 0 Å². The standard InChI is InChI=1S/C13H23N3O/c1-10(2)16-8-4-3-5-12(16)13-15-9-11(17-13)6-7-14/h9-10,12H,3-8,14H2,1-2H3. The van der Waals surface area contributed by atoms with Crippen molar-refractivity contribution in [3.05, 3.63) is 17.8 Å². The smallest absolute Gasteiger partial charge is 0.211 e. The Hall–Kier alpha value is -0.870. The molecule has 4 heteroatoms. The summed E-state index contributed by atoms with van der Waals surface area (Å²) in [5, 5.41) is 0. The molecular weight excluding hydrogens is 214 g/mol. The van der Waals surface area contributed by atoms with Crippen molar-refractivity contribution < 1.29 is 4.42 Å². The van der Waals surface area contributed by atoms with Gasteiger partial charge >= 0.3 is 0 Å². The first-order chi connectivity index (χ1) is 8.22. The second kappa shape index (κ2) is 5.65. The van der Waals surface area contributed by atoms with Gasteiger partial charge in [-0.3, -0.25) is 4.90 Å². The summed E-state index contributed by atoms with van der Waals surface area (Å²) in [6, 6.07) is 0.903. The molecule has 0 spiro atoms. The van der Waals surface area contributed by atoms with Crippen LogP contribution in [0.4, 0.5) is 0 Å². The molecule has 0 aromatic carbocycles. The maximum absolute atomic E-state index is 5.81. The van der Waals surface area contributed by atoms with Crippen molar-refractivity contribution >= 4 is 0 Å². The third-order valence-electron chi connectivity index (χ3n) is 3.45. The lowest BCUT2D eigenvalue weighted by molar-refractivity contribution is 0.0916. The van der Waals surface area contributed by atoms with Crippen molar-refractivity contribution in [2.75, 3.05) is 13.1 Å². The lowest BCUT2D eigenvalue weighted by Gasteiger charge is -2.36. The molecule has 1 atom stereocenters. The van der Waals surface area contributed by atoms with E-state index in [0.717, 1.165) is 31.0 Å². The van der Waals surface area contributed by atoms with Gasteiger partial charge in [-0.2, -0.15) is 0 Å². The molecule has 2 heterocycles. The number of hydrogen-bond acceptors (Lipinski definition) is 4. The lowest BCUT2D eigenvalue weighted by atomic mass is 10.0. The van der Waals surface area contributed by atoms with E-state index in [1.54, 1.807) is 0 Å². The lowest BCUT2D eigenvalue weighted by Crippen LogP contribution is -2.38. The third kappa shape index (κ3) is 2.87. The van der Waals surface area contributed by atoms with E-state index >= 15 is 0 Å². The van der Waals surface area contributed by atoms with Crippen LogP contribution in [0.1, 0.15) is 50.8 Å². The van der Waals surface area contributed by atoms with Gasteiger partial charge in [0.2, 0.25) is 5.89 Å². The average molecular weight is 237 g/mol. The van der Waals surface area contributed by atoms with Gasteiger partial charge < -0.3 is 10.2 Å². The van der Waals surface area contributed by atoms with Crippen molar-refractivity contribution in [2.45, 2.75) is 51.6 Å². The quantitative estimate of drug-likeness (QED) is 0.871. The summed E-state index contributed by atoms with van der Waals surface area (Å²) in [7, 11) is 0. The van der Waals surface area contributed by atoms with Crippen LogP contribution < -0.4 is 5.73 Å². The molecule has 1 fully saturated rings. The Bertz CT molecular complexity index is 348. The van der Waals surface area contributed by atoms with Gasteiger partial charge in [0.15, 0.2) is 0 Å². The molecule has 2 rings (SSSR count). The van der Waals surface area contributed by atoms with E-state index in [2.05, 4.69) is 23.7 Å². The number of likely N-dealkylation sites (tertiary alicyclic amines) is 1. The van der Waals surface area contributed by atoms with Crippen molar-refractivity contribution in [2.24, 2.45) is 5.73 Å². The Morgan fingerprint density at radius 1 is 1.53 bits per heavy atom. The second-order valence-electron chi connectivity index (χ2n) is 5.05. The normalized spacial score (nSPS) is 22.2. The van der Waals surface area contributed by atoms with Gasteiger partial charge in [0.1, 0.15) is 5.76 Å². The van der Waals surface area contributed by atoms with Crippen LogP contribution in [0.5, 0.6) is 0 Å². The van der Waals surface area contributed by atoms with E-state index < -0.39 is 0 Å². The van der Waals surface area contributed by atoms with Crippen LogP contribution in [0, 0.1) is 0 Å². The van der Waals surface area contributed by atoms with Crippen molar-refractivity contribution in [3.63, 3.8) is 0 Å². The zero-order chi connectivity index (χ0) is 12.3. The third-order valence-corrected chi connectivity index (χ3v) is 3.45. The summed E-state index contributed by atoms with van der Waals surface area (Å²) < 4.78 is 5.81. The second-order valence-corrected chi connectivity index (χ2v) is 5.05. The Morgan fingerprint density at radius 2 is 2.35 bits per heavy atom. The summed E-state index contributed by atoms with van der Waals surface area (Å²) in [6.45, 7) is 6.24. The summed E-state index contributed by atoms with van der Waals surface area (Å²) in [5.74, 6) is 1.79. The van der Waals surface area contributed by atoms with E-state index in [9.17, 15) is 0 Å². The highest BCUT2D eigenvalue weighted by Crippen LogP contribution is 2.31. The highest BCUT2D eigenvalue weighted by Gasteiger charge is 2.29. The van der Waals surface area contributed by atoms with Gasteiger partial charge in [0.05, 0.1) is 12.2 Å².